The Hall–Kier alpha value is -2.70. The number of aryl methyl sites for hydroxylation is 1. The third-order valence-electron chi connectivity index (χ3n) is 8.98. The van der Waals surface area contributed by atoms with E-state index in [-0.39, 0.29) is 24.0 Å². The Labute approximate surface area is 234 Å². The highest BCUT2D eigenvalue weighted by molar-refractivity contribution is 6.00. The van der Waals surface area contributed by atoms with E-state index in [0.29, 0.717) is 26.1 Å². The Bertz CT molecular complexity index is 1070. The zero-order valence-corrected chi connectivity index (χ0v) is 23.6. The maximum Gasteiger partial charge on any atom is 0.249 e. The fourth-order valence-corrected chi connectivity index (χ4v) is 6.78. The number of carbonyl (C=O) groups is 2. The minimum Gasteiger partial charge on any atom is -0.372 e. The molecule has 210 valence electrons. The van der Waals surface area contributed by atoms with Crippen LogP contribution < -0.4 is 0 Å². The quantitative estimate of drug-likeness (QED) is 0.359. The lowest BCUT2D eigenvalue weighted by molar-refractivity contribution is -0.172. The zero-order chi connectivity index (χ0) is 27.1. The van der Waals surface area contributed by atoms with Gasteiger partial charge >= 0.3 is 0 Å². The predicted molar refractivity (Wildman–Crippen MR) is 154 cm³/mol. The molecule has 2 unspecified atom stereocenters. The van der Waals surface area contributed by atoms with E-state index in [1.807, 2.05) is 28.0 Å². The number of ether oxygens (including phenoxy) is 1. The van der Waals surface area contributed by atoms with E-state index in [0.717, 1.165) is 50.9 Å². The molecule has 2 amide bonds. The summed E-state index contributed by atoms with van der Waals surface area (Å²) in [4.78, 5) is 34.1. The van der Waals surface area contributed by atoms with Gasteiger partial charge in [0.2, 0.25) is 11.8 Å². The van der Waals surface area contributed by atoms with Gasteiger partial charge in [-0.2, -0.15) is 0 Å². The van der Waals surface area contributed by atoms with Crippen LogP contribution >= 0.6 is 0 Å². The first-order valence-corrected chi connectivity index (χ1v) is 15.1. The van der Waals surface area contributed by atoms with Crippen LogP contribution in [-0.4, -0.2) is 76.9 Å². The summed E-state index contributed by atoms with van der Waals surface area (Å²) in [6.07, 6.45) is 8.95. The largest absolute Gasteiger partial charge is 0.372 e. The molecule has 2 aromatic rings. The van der Waals surface area contributed by atoms with E-state index in [1.54, 1.807) is 0 Å². The van der Waals surface area contributed by atoms with Crippen LogP contribution in [0.15, 0.2) is 60.7 Å². The molecule has 0 radical (unpaired) electrons. The van der Waals surface area contributed by atoms with Crippen molar-refractivity contribution in [2.24, 2.45) is 0 Å². The number of nitrogens with zero attached hydrogens (tertiary/aromatic N) is 3. The Morgan fingerprint density at radius 2 is 1.51 bits per heavy atom. The number of amides is 2. The molecule has 0 aromatic heterocycles. The SMILES string of the molecule is CCCN1C(=O)C2CC(OCc3ccccc3)CN2C(=O)C12CCN(CCCCCCc1ccccc1)CC2. The second kappa shape index (κ2) is 13.1. The molecule has 0 bridgehead atoms. The van der Waals surface area contributed by atoms with Gasteiger partial charge in [-0.3, -0.25) is 9.59 Å². The average Bonchev–Trinajstić information content (AvgIpc) is 3.42. The van der Waals surface area contributed by atoms with Crippen molar-refractivity contribution in [3.63, 3.8) is 0 Å². The number of piperidine rings is 1. The van der Waals surface area contributed by atoms with E-state index in [2.05, 4.69) is 54.3 Å². The van der Waals surface area contributed by atoms with Crippen LogP contribution in [-0.2, 0) is 27.4 Å². The topological polar surface area (TPSA) is 53.1 Å². The molecule has 2 aromatic carbocycles. The molecule has 2 atom stereocenters. The molecule has 3 aliphatic heterocycles. The molecule has 1 spiro atoms. The summed E-state index contributed by atoms with van der Waals surface area (Å²) in [7, 11) is 0. The molecule has 39 heavy (non-hydrogen) atoms. The molecule has 5 rings (SSSR count). The summed E-state index contributed by atoms with van der Waals surface area (Å²) in [5.74, 6) is 0.293. The normalized spacial score (nSPS) is 23.0. The summed E-state index contributed by atoms with van der Waals surface area (Å²) in [5, 5.41) is 0. The van der Waals surface area contributed by atoms with Crippen molar-refractivity contribution in [3.8, 4) is 0 Å². The van der Waals surface area contributed by atoms with Crippen LogP contribution in [0.3, 0.4) is 0 Å². The monoisotopic (exact) mass is 531 g/mol. The minimum absolute atomic E-state index is 0.0938. The molecule has 0 aliphatic carbocycles. The van der Waals surface area contributed by atoms with Gasteiger partial charge in [-0.15, -0.1) is 0 Å². The van der Waals surface area contributed by atoms with E-state index in [4.69, 9.17) is 4.74 Å². The molecule has 3 fully saturated rings. The first kappa shape index (κ1) is 27.9. The zero-order valence-electron chi connectivity index (χ0n) is 23.6. The molecule has 6 heteroatoms. The number of piperazine rings is 1. The molecule has 0 saturated carbocycles. The molecular formula is C33H45N3O3. The van der Waals surface area contributed by atoms with Crippen molar-refractivity contribution in [1.29, 1.82) is 0 Å². The van der Waals surface area contributed by atoms with Gasteiger partial charge < -0.3 is 19.4 Å². The maximum atomic E-state index is 14.0. The highest BCUT2D eigenvalue weighted by atomic mass is 16.5. The van der Waals surface area contributed by atoms with E-state index in [9.17, 15) is 9.59 Å². The van der Waals surface area contributed by atoms with Gasteiger partial charge in [0, 0.05) is 32.6 Å². The van der Waals surface area contributed by atoms with Crippen LogP contribution in [0.1, 0.15) is 69.4 Å². The number of carbonyl (C=O) groups excluding carboxylic acids is 2. The number of hydrogen-bond acceptors (Lipinski definition) is 4. The van der Waals surface area contributed by atoms with Crippen LogP contribution in [0, 0.1) is 0 Å². The Balaban J connectivity index is 1.12. The lowest BCUT2D eigenvalue weighted by Crippen LogP contribution is -2.72. The number of rotatable bonds is 12. The molecule has 3 aliphatic rings. The number of fused-ring (bicyclic) bond motifs is 1. The van der Waals surface area contributed by atoms with Gasteiger partial charge in [0.1, 0.15) is 11.6 Å². The summed E-state index contributed by atoms with van der Waals surface area (Å²) < 4.78 is 6.19. The van der Waals surface area contributed by atoms with E-state index < -0.39 is 5.54 Å². The van der Waals surface area contributed by atoms with Crippen molar-refractivity contribution in [2.45, 2.75) is 89.0 Å². The van der Waals surface area contributed by atoms with Crippen molar-refractivity contribution in [1.82, 2.24) is 14.7 Å². The van der Waals surface area contributed by atoms with Gasteiger partial charge in [0.25, 0.3) is 0 Å². The van der Waals surface area contributed by atoms with Gasteiger partial charge in [-0.05, 0) is 56.2 Å². The maximum absolute atomic E-state index is 14.0. The molecule has 3 heterocycles. The minimum atomic E-state index is -0.676. The highest BCUT2D eigenvalue weighted by Crippen LogP contribution is 2.40. The van der Waals surface area contributed by atoms with Crippen molar-refractivity contribution in [3.05, 3.63) is 71.8 Å². The van der Waals surface area contributed by atoms with Gasteiger partial charge in [-0.1, -0.05) is 80.4 Å². The van der Waals surface area contributed by atoms with Crippen LogP contribution in [0.2, 0.25) is 0 Å². The number of benzene rings is 2. The fraction of sp³-hybridized carbons (Fsp3) is 0.576. The predicted octanol–water partition coefficient (Wildman–Crippen LogP) is 5.06. The third-order valence-corrected chi connectivity index (χ3v) is 8.98. The van der Waals surface area contributed by atoms with E-state index >= 15 is 0 Å². The lowest BCUT2D eigenvalue weighted by atomic mass is 9.81. The van der Waals surface area contributed by atoms with Crippen molar-refractivity contribution < 1.29 is 14.3 Å². The summed E-state index contributed by atoms with van der Waals surface area (Å²) in [6.45, 7) is 6.65. The number of hydrogen-bond donors (Lipinski definition) is 0. The standard InChI is InChI=1S/C33H45N3O3/c1-2-20-36-31(37)30-24-29(39-26-28-16-10-6-11-17-28)25-35(30)32(38)33(36)18-22-34(23-19-33)21-12-4-3-7-13-27-14-8-5-9-15-27/h5-6,8-11,14-17,29-30H,2-4,7,12-13,18-26H2,1H3. The highest BCUT2D eigenvalue weighted by Gasteiger charge is 2.59. The second-order valence-corrected chi connectivity index (χ2v) is 11.6. The fourth-order valence-electron chi connectivity index (χ4n) is 6.78. The molecule has 3 saturated heterocycles. The van der Waals surface area contributed by atoms with E-state index in [1.165, 1.54) is 31.2 Å². The number of likely N-dealkylation sites (tertiary alicyclic amines) is 1. The smallest absolute Gasteiger partial charge is 0.249 e. The van der Waals surface area contributed by atoms with Crippen LogP contribution in [0.5, 0.6) is 0 Å². The number of unbranched alkanes of at least 4 members (excludes halogenated alkanes) is 3. The summed E-state index contributed by atoms with van der Waals surface area (Å²) in [5.41, 5.74) is 1.87. The van der Waals surface area contributed by atoms with Gasteiger partial charge in [-0.25, -0.2) is 0 Å². The van der Waals surface area contributed by atoms with Gasteiger partial charge in [0.05, 0.1) is 12.7 Å². The third kappa shape index (κ3) is 6.38. The Morgan fingerprint density at radius 3 is 2.21 bits per heavy atom. The molecule has 6 nitrogen and oxygen atoms in total. The lowest BCUT2D eigenvalue weighted by Gasteiger charge is -2.53. The van der Waals surface area contributed by atoms with Gasteiger partial charge in [0.15, 0.2) is 0 Å². The van der Waals surface area contributed by atoms with Crippen LogP contribution in [0.4, 0.5) is 0 Å². The summed E-state index contributed by atoms with van der Waals surface area (Å²) in [6, 6.07) is 20.5. The first-order valence-electron chi connectivity index (χ1n) is 15.1. The molecule has 0 N–H and O–H groups in total. The Kier molecular flexibility index (Phi) is 9.36. The second-order valence-electron chi connectivity index (χ2n) is 11.6. The van der Waals surface area contributed by atoms with Crippen molar-refractivity contribution in [2.75, 3.05) is 32.7 Å². The Morgan fingerprint density at radius 1 is 0.846 bits per heavy atom. The average molecular weight is 532 g/mol. The van der Waals surface area contributed by atoms with Crippen molar-refractivity contribution >= 4 is 11.8 Å². The summed E-state index contributed by atoms with van der Waals surface area (Å²) >= 11 is 0. The van der Waals surface area contributed by atoms with Crippen LogP contribution in [0.25, 0.3) is 0 Å². The first-order chi connectivity index (χ1) is 19.1. The molecular weight excluding hydrogens is 486 g/mol.